The molecule has 2 aromatic carbocycles. The van der Waals surface area contributed by atoms with Gasteiger partial charge < -0.3 is 10.5 Å². The zero-order valence-electron chi connectivity index (χ0n) is 14.1. The fourth-order valence-electron chi connectivity index (χ4n) is 3.09. The topological polar surface area (TPSA) is 38.5 Å². The van der Waals surface area contributed by atoms with Gasteiger partial charge in [-0.3, -0.25) is 4.90 Å². The first-order valence-electron chi connectivity index (χ1n) is 8.47. The van der Waals surface area contributed by atoms with E-state index in [2.05, 4.69) is 36.1 Å². The van der Waals surface area contributed by atoms with Crippen molar-refractivity contribution in [3.63, 3.8) is 0 Å². The molecule has 1 fully saturated rings. The van der Waals surface area contributed by atoms with Crippen LogP contribution in [0.2, 0.25) is 0 Å². The van der Waals surface area contributed by atoms with Gasteiger partial charge in [0.05, 0.1) is 0 Å². The summed E-state index contributed by atoms with van der Waals surface area (Å²) >= 11 is 0. The molecule has 0 bridgehead atoms. The highest BCUT2D eigenvalue weighted by atomic mass is 16.5. The van der Waals surface area contributed by atoms with E-state index >= 15 is 0 Å². The van der Waals surface area contributed by atoms with Crippen molar-refractivity contribution in [3.05, 3.63) is 59.2 Å². The first-order chi connectivity index (χ1) is 11.1. The largest absolute Gasteiger partial charge is 0.489 e. The molecule has 1 heterocycles. The van der Waals surface area contributed by atoms with Gasteiger partial charge in [-0.2, -0.15) is 0 Å². The molecule has 0 saturated carbocycles. The highest BCUT2D eigenvalue weighted by molar-refractivity contribution is 5.49. The quantitative estimate of drug-likeness (QED) is 0.854. The van der Waals surface area contributed by atoms with Crippen LogP contribution in [0.15, 0.2) is 42.5 Å². The number of aryl methyl sites for hydroxylation is 2. The molecule has 0 aromatic heterocycles. The minimum atomic E-state index is 0.271. The maximum absolute atomic E-state index is 6.12. The lowest BCUT2D eigenvalue weighted by Gasteiger charge is -2.17. The van der Waals surface area contributed by atoms with Crippen molar-refractivity contribution in [2.24, 2.45) is 0 Å². The molecular formula is C20H26N2O. The Morgan fingerprint density at radius 2 is 1.87 bits per heavy atom. The summed E-state index contributed by atoms with van der Waals surface area (Å²) in [5.41, 5.74) is 10.5. The summed E-state index contributed by atoms with van der Waals surface area (Å²) in [7, 11) is 0. The Morgan fingerprint density at radius 3 is 2.57 bits per heavy atom. The van der Waals surface area contributed by atoms with Crippen LogP contribution in [-0.4, -0.2) is 24.1 Å². The maximum Gasteiger partial charge on any atom is 0.120 e. The molecular weight excluding hydrogens is 284 g/mol. The predicted octanol–water partition coefficient (Wildman–Crippen LogP) is 3.79. The van der Waals surface area contributed by atoms with Gasteiger partial charge in [0.15, 0.2) is 0 Å². The Kier molecular flexibility index (Phi) is 4.87. The normalized spacial score (nSPS) is 18.3. The van der Waals surface area contributed by atoms with E-state index < -0.39 is 0 Å². The number of benzene rings is 2. The van der Waals surface area contributed by atoms with Gasteiger partial charge in [-0.1, -0.05) is 31.2 Å². The molecule has 0 spiro atoms. The lowest BCUT2D eigenvalue weighted by molar-refractivity contribution is 0.198. The molecule has 1 unspecified atom stereocenters. The zero-order valence-corrected chi connectivity index (χ0v) is 14.1. The molecule has 1 atom stereocenters. The van der Waals surface area contributed by atoms with Gasteiger partial charge in [0, 0.05) is 25.3 Å². The summed E-state index contributed by atoms with van der Waals surface area (Å²) in [6.07, 6.45) is 2.45. The monoisotopic (exact) mass is 310 g/mol. The van der Waals surface area contributed by atoms with Crippen LogP contribution in [0.25, 0.3) is 0 Å². The molecule has 0 radical (unpaired) electrons. The Morgan fingerprint density at radius 1 is 1.13 bits per heavy atom. The summed E-state index contributed by atoms with van der Waals surface area (Å²) in [6.45, 7) is 7.29. The molecule has 3 heteroatoms. The number of nitrogens with two attached hydrogens (primary N) is 1. The van der Waals surface area contributed by atoms with Gasteiger partial charge in [-0.25, -0.2) is 0 Å². The second-order valence-electron chi connectivity index (χ2n) is 6.45. The summed E-state index contributed by atoms with van der Waals surface area (Å²) < 4.78 is 6.12. The number of ether oxygens (including phenoxy) is 1. The van der Waals surface area contributed by atoms with Crippen molar-refractivity contribution in [3.8, 4) is 5.75 Å². The van der Waals surface area contributed by atoms with Crippen LogP contribution < -0.4 is 10.5 Å². The second-order valence-corrected chi connectivity index (χ2v) is 6.45. The van der Waals surface area contributed by atoms with Crippen LogP contribution in [0.4, 0.5) is 5.69 Å². The zero-order chi connectivity index (χ0) is 16.2. The minimum Gasteiger partial charge on any atom is -0.489 e. The van der Waals surface area contributed by atoms with E-state index in [9.17, 15) is 0 Å². The molecule has 3 nitrogen and oxygen atoms in total. The van der Waals surface area contributed by atoms with Gasteiger partial charge in [0.1, 0.15) is 11.9 Å². The molecule has 3 rings (SSSR count). The summed E-state index contributed by atoms with van der Waals surface area (Å²) in [5.74, 6) is 0.927. The van der Waals surface area contributed by atoms with E-state index in [1.807, 2.05) is 25.1 Å². The predicted molar refractivity (Wildman–Crippen MR) is 95.7 cm³/mol. The lowest BCUT2D eigenvalue weighted by atomic mass is 10.1. The molecule has 1 aliphatic rings. The fourth-order valence-corrected chi connectivity index (χ4v) is 3.09. The smallest absolute Gasteiger partial charge is 0.120 e. The van der Waals surface area contributed by atoms with E-state index in [0.717, 1.165) is 49.5 Å². The van der Waals surface area contributed by atoms with Gasteiger partial charge in [0.2, 0.25) is 0 Å². The lowest BCUT2D eigenvalue weighted by Crippen LogP contribution is -2.24. The maximum atomic E-state index is 6.12. The van der Waals surface area contributed by atoms with Crippen molar-refractivity contribution < 1.29 is 4.74 Å². The third kappa shape index (κ3) is 4.05. The van der Waals surface area contributed by atoms with Gasteiger partial charge in [0.25, 0.3) is 0 Å². The molecule has 1 aliphatic heterocycles. The van der Waals surface area contributed by atoms with Crippen molar-refractivity contribution >= 4 is 5.69 Å². The van der Waals surface area contributed by atoms with Crippen LogP contribution in [0.1, 0.15) is 30.0 Å². The average molecular weight is 310 g/mol. The van der Waals surface area contributed by atoms with Crippen LogP contribution in [0, 0.1) is 6.92 Å². The summed E-state index contributed by atoms with van der Waals surface area (Å²) in [5, 5.41) is 0. The van der Waals surface area contributed by atoms with E-state index in [1.54, 1.807) is 0 Å². The molecule has 0 amide bonds. The number of hydrogen-bond donors (Lipinski definition) is 1. The van der Waals surface area contributed by atoms with Crippen molar-refractivity contribution in [1.82, 2.24) is 4.90 Å². The molecule has 2 aromatic rings. The van der Waals surface area contributed by atoms with Gasteiger partial charge in [-0.05, 0) is 54.7 Å². The SMILES string of the molecule is CCc1ccc(CN2CCC(Oc3ccc(N)c(C)c3)C2)cc1. The highest BCUT2D eigenvalue weighted by Crippen LogP contribution is 2.23. The number of rotatable bonds is 5. The number of hydrogen-bond acceptors (Lipinski definition) is 3. The molecule has 1 saturated heterocycles. The number of nitrogen functional groups attached to an aromatic ring is 1. The standard InChI is InChI=1S/C20H26N2O/c1-3-16-4-6-17(7-5-16)13-22-11-10-19(14-22)23-18-8-9-20(21)15(2)12-18/h4-9,12,19H,3,10-11,13-14,21H2,1-2H3. The Hall–Kier alpha value is -2.00. The van der Waals surface area contributed by atoms with Crippen LogP contribution in [-0.2, 0) is 13.0 Å². The van der Waals surface area contributed by atoms with E-state index in [0.29, 0.717) is 0 Å². The van der Waals surface area contributed by atoms with E-state index in [-0.39, 0.29) is 6.10 Å². The van der Waals surface area contributed by atoms with Gasteiger partial charge >= 0.3 is 0 Å². The van der Waals surface area contributed by atoms with Crippen molar-refractivity contribution in [1.29, 1.82) is 0 Å². The van der Waals surface area contributed by atoms with E-state index in [4.69, 9.17) is 10.5 Å². The minimum absolute atomic E-state index is 0.271. The van der Waals surface area contributed by atoms with Crippen molar-refractivity contribution in [2.75, 3.05) is 18.8 Å². The Balaban J connectivity index is 1.54. The summed E-state index contributed by atoms with van der Waals surface area (Å²) in [4.78, 5) is 2.47. The summed E-state index contributed by atoms with van der Waals surface area (Å²) in [6, 6.07) is 14.9. The molecule has 23 heavy (non-hydrogen) atoms. The second kappa shape index (κ2) is 7.05. The Bertz CT molecular complexity index is 651. The van der Waals surface area contributed by atoms with Crippen LogP contribution in [0.3, 0.4) is 0 Å². The van der Waals surface area contributed by atoms with Gasteiger partial charge in [-0.15, -0.1) is 0 Å². The molecule has 2 N–H and O–H groups in total. The van der Waals surface area contributed by atoms with Crippen molar-refractivity contribution in [2.45, 2.75) is 39.3 Å². The number of nitrogens with zero attached hydrogens (tertiary/aromatic N) is 1. The van der Waals surface area contributed by atoms with Crippen LogP contribution in [0.5, 0.6) is 5.75 Å². The van der Waals surface area contributed by atoms with E-state index in [1.165, 1.54) is 11.1 Å². The van der Waals surface area contributed by atoms with Crippen LogP contribution >= 0.6 is 0 Å². The third-order valence-corrected chi connectivity index (χ3v) is 4.61. The first-order valence-corrected chi connectivity index (χ1v) is 8.47. The molecule has 122 valence electrons. The number of likely N-dealkylation sites (tertiary alicyclic amines) is 1. The Labute approximate surface area is 139 Å². The first kappa shape index (κ1) is 15.9. The fraction of sp³-hybridized carbons (Fsp3) is 0.400. The average Bonchev–Trinajstić information content (AvgIpc) is 2.99. The third-order valence-electron chi connectivity index (χ3n) is 4.61. The highest BCUT2D eigenvalue weighted by Gasteiger charge is 2.24. The number of anilines is 1. The molecule has 0 aliphatic carbocycles.